The molecule has 0 amide bonds. The molecule has 0 aromatic heterocycles. The van der Waals surface area contributed by atoms with E-state index in [9.17, 15) is 0 Å². The number of rotatable bonds is 2. The number of hydrogen-bond donors (Lipinski definition) is 1. The standard InChI is InChI=1S/C5H14NO.Ca.ClH.2H/c1-6(2,3)4-5-7;;;;/h7H,4-5H2,1-3H3;;1H;;/q+1;+2;;2*-1. The van der Waals surface area contributed by atoms with Crippen molar-refractivity contribution >= 4 is 50.1 Å². The van der Waals surface area contributed by atoms with Gasteiger partial charge in [0.15, 0.2) is 0 Å². The smallest absolute Gasteiger partial charge is 1.00 e. The average Bonchev–Trinajstić information content (AvgIpc) is 1.30. The summed E-state index contributed by atoms with van der Waals surface area (Å²) >= 11 is 0. The Morgan fingerprint density at radius 1 is 1.33 bits per heavy atom. The number of nitrogens with zero attached hydrogens (tertiary/aromatic N) is 1. The van der Waals surface area contributed by atoms with Gasteiger partial charge in [-0.05, 0) is 0 Å². The molecule has 0 aliphatic carbocycles. The second kappa shape index (κ2) is 7.58. The van der Waals surface area contributed by atoms with E-state index in [4.69, 9.17) is 5.11 Å². The molecule has 2 nitrogen and oxygen atoms in total. The van der Waals surface area contributed by atoms with Crippen LogP contribution in [0.15, 0.2) is 0 Å². The number of halogens is 1. The van der Waals surface area contributed by atoms with Crippen molar-refractivity contribution in [2.45, 2.75) is 0 Å². The zero-order chi connectivity index (χ0) is 5.91. The molecule has 1 N–H and O–H groups in total. The predicted octanol–water partition coefficient (Wildman–Crippen LogP) is -0.0491. The SMILES string of the molecule is C[N+](C)(C)CCO.Cl.[Ca+2].[H-].[H-]. The van der Waals surface area contributed by atoms with E-state index in [-0.39, 0.29) is 59.6 Å². The van der Waals surface area contributed by atoms with Crippen LogP contribution in [0.25, 0.3) is 0 Å². The van der Waals surface area contributed by atoms with Gasteiger partial charge < -0.3 is 12.4 Å². The third-order valence-electron chi connectivity index (χ3n) is 0.771. The van der Waals surface area contributed by atoms with Crippen molar-refractivity contribution in [3.63, 3.8) is 0 Å². The summed E-state index contributed by atoms with van der Waals surface area (Å²) < 4.78 is 0.844. The van der Waals surface area contributed by atoms with Gasteiger partial charge in [0.2, 0.25) is 0 Å². The molecule has 0 aromatic rings. The summed E-state index contributed by atoms with van der Waals surface area (Å²) in [6.07, 6.45) is 0. The maximum absolute atomic E-state index is 8.39. The van der Waals surface area contributed by atoms with E-state index in [2.05, 4.69) is 21.1 Å². The molecular weight excluding hydrogens is 166 g/mol. The van der Waals surface area contributed by atoms with Crippen molar-refractivity contribution in [1.29, 1.82) is 0 Å². The normalized spacial score (nSPS) is 9.33. The second-order valence-corrected chi connectivity index (χ2v) is 2.74. The molecule has 9 heavy (non-hydrogen) atoms. The molecule has 0 aromatic carbocycles. The Labute approximate surface area is 96.2 Å². The van der Waals surface area contributed by atoms with Crippen molar-refractivity contribution < 1.29 is 12.4 Å². The molecule has 0 radical (unpaired) electrons. The fourth-order valence-electron chi connectivity index (χ4n) is 0.300. The fraction of sp³-hybridized carbons (Fsp3) is 1.00. The maximum Gasteiger partial charge on any atom is 2.00 e. The van der Waals surface area contributed by atoms with Crippen LogP contribution >= 0.6 is 12.4 Å². The Hall–Kier alpha value is 1.47. The Kier molecular flexibility index (Phi) is 14.2. The van der Waals surface area contributed by atoms with Crippen LogP contribution in [0.5, 0.6) is 0 Å². The number of hydrogen-bond acceptors (Lipinski definition) is 1. The van der Waals surface area contributed by atoms with Crippen LogP contribution in [0.3, 0.4) is 0 Å². The van der Waals surface area contributed by atoms with Gasteiger partial charge in [-0.3, -0.25) is 0 Å². The van der Waals surface area contributed by atoms with Crippen LogP contribution in [0.1, 0.15) is 2.85 Å². The molecule has 0 atom stereocenters. The minimum Gasteiger partial charge on any atom is -1.00 e. The molecule has 0 bridgehead atoms. The van der Waals surface area contributed by atoms with E-state index in [0.717, 1.165) is 11.0 Å². The molecule has 0 spiro atoms. The summed E-state index contributed by atoms with van der Waals surface area (Å²) in [7, 11) is 6.16. The van der Waals surface area contributed by atoms with Gasteiger partial charge in [-0.2, -0.15) is 0 Å². The molecule has 0 unspecified atom stereocenters. The van der Waals surface area contributed by atoms with Crippen LogP contribution in [-0.2, 0) is 0 Å². The molecule has 0 rings (SSSR count). The van der Waals surface area contributed by atoms with Crippen molar-refractivity contribution in [1.82, 2.24) is 0 Å². The van der Waals surface area contributed by atoms with E-state index in [1.807, 2.05) is 0 Å². The van der Waals surface area contributed by atoms with Gasteiger partial charge in [0.25, 0.3) is 0 Å². The third kappa shape index (κ3) is 17.7. The fourth-order valence-corrected chi connectivity index (χ4v) is 0.300. The molecule has 0 fully saturated rings. The summed E-state index contributed by atoms with van der Waals surface area (Å²) in [5.74, 6) is 0. The Bertz CT molecular complexity index is 62.9. The monoisotopic (exact) mass is 182 g/mol. The first-order valence-corrected chi connectivity index (χ1v) is 2.47. The Morgan fingerprint density at radius 2 is 1.67 bits per heavy atom. The van der Waals surface area contributed by atoms with Crippen molar-refractivity contribution in [3.05, 3.63) is 0 Å². The Morgan fingerprint density at radius 3 is 1.67 bits per heavy atom. The van der Waals surface area contributed by atoms with Crippen LogP contribution in [0.2, 0.25) is 0 Å². The second-order valence-electron chi connectivity index (χ2n) is 2.74. The van der Waals surface area contributed by atoms with Gasteiger partial charge in [-0.1, -0.05) is 0 Å². The molecule has 0 saturated heterocycles. The summed E-state index contributed by atoms with van der Waals surface area (Å²) in [4.78, 5) is 0. The van der Waals surface area contributed by atoms with Gasteiger partial charge in [0, 0.05) is 0 Å². The number of aliphatic hydroxyl groups excluding tert-OH is 1. The quantitative estimate of drug-likeness (QED) is 0.469. The largest absolute Gasteiger partial charge is 2.00 e. The van der Waals surface area contributed by atoms with Gasteiger partial charge in [-0.15, -0.1) is 12.4 Å². The number of aliphatic hydroxyl groups is 1. The third-order valence-corrected chi connectivity index (χ3v) is 0.771. The van der Waals surface area contributed by atoms with Crippen LogP contribution in [0.4, 0.5) is 0 Å². The number of quaternary nitrogens is 1. The van der Waals surface area contributed by atoms with E-state index in [1.165, 1.54) is 0 Å². The van der Waals surface area contributed by atoms with Crippen molar-refractivity contribution in [2.75, 3.05) is 34.3 Å². The van der Waals surface area contributed by atoms with E-state index in [1.54, 1.807) is 0 Å². The van der Waals surface area contributed by atoms with E-state index < -0.39 is 0 Å². The number of likely N-dealkylation sites (N-methyl/N-ethyl adjacent to an activating group) is 1. The molecule has 0 saturated carbocycles. The molecule has 0 aliphatic heterocycles. The van der Waals surface area contributed by atoms with Gasteiger partial charge in [0.05, 0.1) is 27.7 Å². The Balaban J connectivity index is -0.0000000300. The predicted molar refractivity (Wildman–Crippen MR) is 45.2 cm³/mol. The van der Waals surface area contributed by atoms with E-state index >= 15 is 0 Å². The first kappa shape index (κ1) is 16.8. The van der Waals surface area contributed by atoms with Crippen LogP contribution in [-0.4, -0.2) is 81.6 Å². The minimum atomic E-state index is 0. The molecule has 0 heterocycles. The van der Waals surface area contributed by atoms with Crippen LogP contribution in [0, 0.1) is 0 Å². The van der Waals surface area contributed by atoms with Gasteiger partial charge in [-0.25, -0.2) is 0 Å². The minimum absolute atomic E-state index is 0. The summed E-state index contributed by atoms with van der Waals surface area (Å²) in [6, 6.07) is 0. The summed E-state index contributed by atoms with van der Waals surface area (Å²) in [6.45, 7) is 1.11. The average molecular weight is 183 g/mol. The summed E-state index contributed by atoms with van der Waals surface area (Å²) in [5.41, 5.74) is 0. The first-order chi connectivity index (χ1) is 3.06. The first-order valence-electron chi connectivity index (χ1n) is 2.47. The topological polar surface area (TPSA) is 20.2 Å². The molecule has 0 aliphatic rings. The van der Waals surface area contributed by atoms with Gasteiger partial charge in [0.1, 0.15) is 6.54 Å². The van der Waals surface area contributed by atoms with E-state index in [0.29, 0.717) is 0 Å². The molecular formula is C5H17CaClNO+. The molecule has 56 valence electrons. The zero-order valence-corrected chi connectivity index (χ0v) is 9.45. The summed E-state index contributed by atoms with van der Waals surface area (Å²) in [5, 5.41) is 8.39. The van der Waals surface area contributed by atoms with Crippen molar-refractivity contribution in [2.24, 2.45) is 0 Å². The van der Waals surface area contributed by atoms with Crippen molar-refractivity contribution in [3.8, 4) is 0 Å². The zero-order valence-electron chi connectivity index (χ0n) is 8.42. The van der Waals surface area contributed by atoms with Gasteiger partial charge >= 0.3 is 37.7 Å². The van der Waals surface area contributed by atoms with Crippen LogP contribution < -0.4 is 0 Å². The molecule has 4 heteroatoms. The maximum atomic E-state index is 8.39.